The molecule has 1 aromatic heterocycles. The first kappa shape index (κ1) is 10.4. The van der Waals surface area contributed by atoms with Crippen LogP contribution in [-0.2, 0) is 6.42 Å². The highest BCUT2D eigenvalue weighted by Crippen LogP contribution is 2.16. The number of benzene rings is 1. The quantitative estimate of drug-likeness (QED) is 0.734. The summed E-state index contributed by atoms with van der Waals surface area (Å²) in [7, 11) is 0. The Hall–Kier alpha value is -2.08. The van der Waals surface area contributed by atoms with Crippen LogP contribution in [0.3, 0.4) is 0 Å². The van der Waals surface area contributed by atoms with Crippen LogP contribution in [0.5, 0.6) is 0 Å². The van der Waals surface area contributed by atoms with E-state index in [1.165, 1.54) is 5.56 Å². The first-order valence-electron chi connectivity index (χ1n) is 5.12. The van der Waals surface area contributed by atoms with Gasteiger partial charge in [-0.1, -0.05) is 35.0 Å². The number of aryl methyl sites for hydroxylation is 2. The minimum atomic E-state index is 0.591. The van der Waals surface area contributed by atoms with E-state index in [0.717, 1.165) is 5.56 Å². The van der Waals surface area contributed by atoms with Crippen LogP contribution in [0.25, 0.3) is 11.4 Å². The van der Waals surface area contributed by atoms with Crippen LogP contribution in [0.4, 0.5) is 0 Å². The lowest BCUT2D eigenvalue weighted by atomic mass is 10.1. The van der Waals surface area contributed by atoms with E-state index in [4.69, 9.17) is 10.9 Å². The number of terminal acetylenes is 1. The van der Waals surface area contributed by atoms with Crippen LogP contribution in [0.15, 0.2) is 28.8 Å². The van der Waals surface area contributed by atoms with Crippen LogP contribution in [0.2, 0.25) is 0 Å². The second-order valence-corrected chi connectivity index (χ2v) is 3.58. The highest BCUT2D eigenvalue weighted by molar-refractivity contribution is 5.54. The van der Waals surface area contributed by atoms with Crippen molar-refractivity contribution < 1.29 is 4.52 Å². The van der Waals surface area contributed by atoms with Crippen LogP contribution in [-0.4, -0.2) is 10.1 Å². The standard InChI is InChI=1S/C13H12N2O/c1-3-4-5-12-14-13(15-16-12)11-8-6-10(2)7-9-11/h1,6-9H,4-5H2,2H3. The van der Waals surface area contributed by atoms with Gasteiger partial charge in [-0.2, -0.15) is 4.98 Å². The molecule has 0 aliphatic carbocycles. The smallest absolute Gasteiger partial charge is 0.227 e. The second kappa shape index (κ2) is 4.63. The minimum absolute atomic E-state index is 0.591. The fraction of sp³-hybridized carbons (Fsp3) is 0.231. The molecule has 3 nitrogen and oxygen atoms in total. The van der Waals surface area contributed by atoms with Crippen molar-refractivity contribution in [3.05, 3.63) is 35.7 Å². The Morgan fingerprint density at radius 1 is 1.31 bits per heavy atom. The lowest BCUT2D eigenvalue weighted by Gasteiger charge is -1.94. The van der Waals surface area contributed by atoms with Crippen LogP contribution < -0.4 is 0 Å². The molecule has 0 unspecified atom stereocenters. The Balaban J connectivity index is 2.18. The summed E-state index contributed by atoms with van der Waals surface area (Å²) in [6.07, 6.45) is 6.43. The summed E-state index contributed by atoms with van der Waals surface area (Å²) in [5.74, 6) is 3.75. The van der Waals surface area contributed by atoms with Crippen molar-refractivity contribution in [2.75, 3.05) is 0 Å². The molecule has 0 aliphatic heterocycles. The van der Waals surface area contributed by atoms with Gasteiger partial charge in [-0.3, -0.25) is 0 Å². The highest BCUT2D eigenvalue weighted by Gasteiger charge is 2.07. The third-order valence-electron chi connectivity index (χ3n) is 2.26. The van der Waals surface area contributed by atoms with Crippen molar-refractivity contribution in [2.24, 2.45) is 0 Å². The van der Waals surface area contributed by atoms with Gasteiger partial charge < -0.3 is 4.52 Å². The van der Waals surface area contributed by atoms with Crippen LogP contribution >= 0.6 is 0 Å². The molecule has 2 rings (SSSR count). The zero-order valence-electron chi connectivity index (χ0n) is 9.10. The average molecular weight is 212 g/mol. The zero-order chi connectivity index (χ0) is 11.4. The van der Waals surface area contributed by atoms with Gasteiger partial charge in [0, 0.05) is 18.4 Å². The molecule has 0 aliphatic rings. The van der Waals surface area contributed by atoms with Gasteiger partial charge in [0.2, 0.25) is 11.7 Å². The summed E-state index contributed by atoms with van der Waals surface area (Å²) < 4.78 is 5.09. The summed E-state index contributed by atoms with van der Waals surface area (Å²) in [4.78, 5) is 4.27. The summed E-state index contributed by atoms with van der Waals surface area (Å²) in [6.45, 7) is 2.04. The lowest BCUT2D eigenvalue weighted by molar-refractivity contribution is 0.380. The molecule has 1 heterocycles. The summed E-state index contributed by atoms with van der Waals surface area (Å²) in [5.41, 5.74) is 2.17. The first-order valence-corrected chi connectivity index (χ1v) is 5.12. The summed E-state index contributed by atoms with van der Waals surface area (Å²) in [6, 6.07) is 8.00. The largest absolute Gasteiger partial charge is 0.339 e. The van der Waals surface area contributed by atoms with Crippen LogP contribution in [0.1, 0.15) is 17.9 Å². The Labute approximate surface area is 94.5 Å². The molecule has 0 atom stereocenters. The molecule has 0 amide bonds. The van der Waals surface area contributed by atoms with Crippen molar-refractivity contribution in [2.45, 2.75) is 19.8 Å². The van der Waals surface area contributed by atoms with Gasteiger partial charge in [0.1, 0.15) is 0 Å². The maximum Gasteiger partial charge on any atom is 0.227 e. The van der Waals surface area contributed by atoms with E-state index in [-0.39, 0.29) is 0 Å². The molecular formula is C13H12N2O. The monoisotopic (exact) mass is 212 g/mol. The average Bonchev–Trinajstić information content (AvgIpc) is 2.76. The third kappa shape index (κ3) is 2.29. The van der Waals surface area contributed by atoms with Crippen molar-refractivity contribution in [3.63, 3.8) is 0 Å². The van der Waals surface area contributed by atoms with E-state index in [0.29, 0.717) is 24.6 Å². The van der Waals surface area contributed by atoms with E-state index in [1.807, 2.05) is 31.2 Å². The normalized spacial score (nSPS) is 10.0. The molecule has 0 N–H and O–H groups in total. The summed E-state index contributed by atoms with van der Waals surface area (Å²) in [5, 5.41) is 3.91. The molecule has 3 heteroatoms. The topological polar surface area (TPSA) is 38.9 Å². The molecule has 1 aromatic carbocycles. The van der Waals surface area contributed by atoms with E-state index in [1.54, 1.807) is 0 Å². The summed E-state index contributed by atoms with van der Waals surface area (Å²) >= 11 is 0. The number of nitrogens with zero attached hydrogens (tertiary/aromatic N) is 2. The van der Waals surface area contributed by atoms with Gasteiger partial charge >= 0.3 is 0 Å². The van der Waals surface area contributed by atoms with Crippen molar-refractivity contribution >= 4 is 0 Å². The van der Waals surface area contributed by atoms with E-state index in [2.05, 4.69) is 16.1 Å². The molecule has 0 saturated heterocycles. The maximum absolute atomic E-state index is 5.17. The Kier molecular flexibility index (Phi) is 3.02. The molecule has 16 heavy (non-hydrogen) atoms. The van der Waals surface area contributed by atoms with Gasteiger partial charge in [-0.25, -0.2) is 0 Å². The Morgan fingerprint density at radius 3 is 2.75 bits per heavy atom. The number of hydrogen-bond acceptors (Lipinski definition) is 3. The Morgan fingerprint density at radius 2 is 2.06 bits per heavy atom. The number of rotatable bonds is 3. The molecule has 0 bridgehead atoms. The number of hydrogen-bond donors (Lipinski definition) is 0. The fourth-order valence-corrected chi connectivity index (χ4v) is 1.36. The molecule has 80 valence electrons. The predicted octanol–water partition coefficient (Wildman–Crippen LogP) is 2.61. The van der Waals surface area contributed by atoms with Gasteiger partial charge in [-0.05, 0) is 6.92 Å². The molecule has 0 radical (unpaired) electrons. The second-order valence-electron chi connectivity index (χ2n) is 3.58. The third-order valence-corrected chi connectivity index (χ3v) is 2.26. The van der Waals surface area contributed by atoms with Crippen molar-refractivity contribution in [3.8, 4) is 23.7 Å². The first-order chi connectivity index (χ1) is 7.79. The van der Waals surface area contributed by atoms with Gasteiger partial charge in [-0.15, -0.1) is 12.3 Å². The number of aromatic nitrogens is 2. The van der Waals surface area contributed by atoms with Gasteiger partial charge in [0.15, 0.2) is 0 Å². The molecule has 2 aromatic rings. The fourth-order valence-electron chi connectivity index (χ4n) is 1.36. The molecule has 0 fully saturated rings. The molecule has 0 spiro atoms. The molecule has 0 saturated carbocycles. The van der Waals surface area contributed by atoms with E-state index in [9.17, 15) is 0 Å². The van der Waals surface area contributed by atoms with Crippen LogP contribution in [0, 0.1) is 19.3 Å². The lowest BCUT2D eigenvalue weighted by Crippen LogP contribution is -1.84. The highest BCUT2D eigenvalue weighted by atomic mass is 16.5. The van der Waals surface area contributed by atoms with E-state index >= 15 is 0 Å². The van der Waals surface area contributed by atoms with Crippen molar-refractivity contribution in [1.29, 1.82) is 0 Å². The Bertz CT molecular complexity index is 505. The maximum atomic E-state index is 5.17. The van der Waals surface area contributed by atoms with Crippen molar-refractivity contribution in [1.82, 2.24) is 10.1 Å². The predicted molar refractivity (Wildman–Crippen MR) is 61.6 cm³/mol. The van der Waals surface area contributed by atoms with Gasteiger partial charge in [0.05, 0.1) is 0 Å². The van der Waals surface area contributed by atoms with Gasteiger partial charge in [0.25, 0.3) is 0 Å². The van der Waals surface area contributed by atoms with E-state index < -0.39 is 0 Å². The SMILES string of the molecule is C#CCCc1nc(-c2ccc(C)cc2)no1. The minimum Gasteiger partial charge on any atom is -0.339 e. The zero-order valence-corrected chi connectivity index (χ0v) is 9.10. The molecular weight excluding hydrogens is 200 g/mol.